The fraction of sp³-hybridized carbons (Fsp3) is 0.588. The standard InChI is InChI=1S/C17H25FN2O/c1-5-12(4)15-17(21)20(10-11(2)3)16(19-15)13-8-6-7-9-14(13)18/h6-9,11-12,15-16,19H,5,10H2,1-4H3. The second-order valence-corrected chi connectivity index (χ2v) is 6.34. The average molecular weight is 292 g/mol. The second kappa shape index (κ2) is 6.56. The van der Waals surface area contributed by atoms with Gasteiger partial charge in [0, 0.05) is 12.1 Å². The number of hydrogen-bond donors (Lipinski definition) is 1. The van der Waals surface area contributed by atoms with E-state index in [0.29, 0.717) is 18.0 Å². The van der Waals surface area contributed by atoms with Gasteiger partial charge in [0.15, 0.2) is 0 Å². The summed E-state index contributed by atoms with van der Waals surface area (Å²) in [5, 5.41) is 3.34. The number of benzene rings is 1. The molecule has 3 nitrogen and oxygen atoms in total. The SMILES string of the molecule is CCC(C)C1NC(c2ccccc2F)N(CC(C)C)C1=O. The Labute approximate surface area is 126 Å². The largest absolute Gasteiger partial charge is 0.321 e. The maximum atomic E-state index is 14.1. The summed E-state index contributed by atoms with van der Waals surface area (Å²) in [6.45, 7) is 8.91. The number of rotatable bonds is 5. The third-order valence-electron chi connectivity index (χ3n) is 4.17. The van der Waals surface area contributed by atoms with Crippen molar-refractivity contribution in [2.45, 2.75) is 46.3 Å². The Morgan fingerprint density at radius 3 is 2.52 bits per heavy atom. The van der Waals surface area contributed by atoms with Gasteiger partial charge in [0.05, 0.1) is 6.04 Å². The first-order chi connectivity index (χ1) is 9.95. The zero-order valence-electron chi connectivity index (χ0n) is 13.3. The number of hydrogen-bond acceptors (Lipinski definition) is 2. The minimum atomic E-state index is -0.361. The van der Waals surface area contributed by atoms with Gasteiger partial charge in [0.25, 0.3) is 0 Å². The van der Waals surface area contributed by atoms with Crippen LogP contribution in [0.5, 0.6) is 0 Å². The zero-order chi connectivity index (χ0) is 15.6. The van der Waals surface area contributed by atoms with Crippen LogP contribution in [0.1, 0.15) is 45.8 Å². The fourth-order valence-corrected chi connectivity index (χ4v) is 2.82. The van der Waals surface area contributed by atoms with Crippen molar-refractivity contribution < 1.29 is 9.18 Å². The Balaban J connectivity index is 2.33. The highest BCUT2D eigenvalue weighted by Crippen LogP contribution is 2.31. The van der Waals surface area contributed by atoms with Crippen molar-refractivity contribution in [2.24, 2.45) is 11.8 Å². The van der Waals surface area contributed by atoms with Crippen LogP contribution in [0.2, 0.25) is 0 Å². The molecule has 1 aromatic carbocycles. The van der Waals surface area contributed by atoms with Gasteiger partial charge >= 0.3 is 0 Å². The van der Waals surface area contributed by atoms with E-state index in [-0.39, 0.29) is 29.8 Å². The highest BCUT2D eigenvalue weighted by Gasteiger charge is 2.42. The zero-order valence-corrected chi connectivity index (χ0v) is 13.3. The molecule has 1 aliphatic rings. The Kier molecular flexibility index (Phi) is 4.99. The number of nitrogens with one attached hydrogen (secondary N) is 1. The number of carbonyl (C=O) groups is 1. The summed E-state index contributed by atoms with van der Waals surface area (Å²) in [4.78, 5) is 14.5. The van der Waals surface area contributed by atoms with E-state index in [2.05, 4.69) is 33.0 Å². The molecular weight excluding hydrogens is 267 g/mol. The average Bonchev–Trinajstić information content (AvgIpc) is 2.76. The molecule has 4 heteroatoms. The van der Waals surface area contributed by atoms with E-state index in [9.17, 15) is 9.18 Å². The molecule has 1 amide bonds. The van der Waals surface area contributed by atoms with Crippen molar-refractivity contribution in [3.05, 3.63) is 35.6 Å². The number of amides is 1. The Morgan fingerprint density at radius 1 is 1.29 bits per heavy atom. The van der Waals surface area contributed by atoms with Crippen LogP contribution in [0.3, 0.4) is 0 Å². The molecule has 3 atom stereocenters. The lowest BCUT2D eigenvalue weighted by molar-refractivity contribution is -0.131. The molecule has 0 saturated carbocycles. The van der Waals surface area contributed by atoms with Crippen LogP contribution in [-0.4, -0.2) is 23.4 Å². The van der Waals surface area contributed by atoms with Crippen LogP contribution in [0, 0.1) is 17.7 Å². The highest BCUT2D eigenvalue weighted by molar-refractivity contribution is 5.85. The molecule has 3 unspecified atom stereocenters. The first kappa shape index (κ1) is 16.0. The van der Waals surface area contributed by atoms with Crippen LogP contribution in [0.25, 0.3) is 0 Å². The molecule has 0 radical (unpaired) electrons. The molecule has 1 aromatic rings. The monoisotopic (exact) mass is 292 g/mol. The molecule has 1 heterocycles. The van der Waals surface area contributed by atoms with E-state index in [0.717, 1.165) is 6.42 Å². The quantitative estimate of drug-likeness (QED) is 0.903. The molecule has 0 bridgehead atoms. The van der Waals surface area contributed by atoms with Crippen molar-refractivity contribution in [3.8, 4) is 0 Å². The van der Waals surface area contributed by atoms with E-state index in [4.69, 9.17) is 0 Å². The van der Waals surface area contributed by atoms with E-state index in [1.165, 1.54) is 6.07 Å². The van der Waals surface area contributed by atoms with Crippen LogP contribution < -0.4 is 5.32 Å². The molecule has 0 aliphatic carbocycles. The summed E-state index contributed by atoms with van der Waals surface area (Å²) < 4.78 is 14.1. The van der Waals surface area contributed by atoms with Crippen LogP contribution in [0.15, 0.2) is 24.3 Å². The minimum Gasteiger partial charge on any atom is -0.321 e. The molecule has 116 valence electrons. The summed E-state index contributed by atoms with van der Waals surface area (Å²) >= 11 is 0. The summed E-state index contributed by atoms with van der Waals surface area (Å²) in [7, 11) is 0. The Hall–Kier alpha value is -1.42. The van der Waals surface area contributed by atoms with Crippen molar-refractivity contribution in [1.82, 2.24) is 10.2 Å². The third kappa shape index (κ3) is 3.26. The maximum Gasteiger partial charge on any atom is 0.241 e. The van der Waals surface area contributed by atoms with Gasteiger partial charge < -0.3 is 4.90 Å². The second-order valence-electron chi connectivity index (χ2n) is 6.34. The lowest BCUT2D eigenvalue weighted by Crippen LogP contribution is -2.36. The van der Waals surface area contributed by atoms with Gasteiger partial charge in [0.2, 0.25) is 5.91 Å². The molecule has 0 spiro atoms. The van der Waals surface area contributed by atoms with E-state index >= 15 is 0 Å². The Bertz CT molecular complexity index is 503. The smallest absolute Gasteiger partial charge is 0.241 e. The molecule has 0 aromatic heterocycles. The minimum absolute atomic E-state index is 0.0892. The molecule has 1 fully saturated rings. The van der Waals surface area contributed by atoms with Crippen molar-refractivity contribution in [3.63, 3.8) is 0 Å². The highest BCUT2D eigenvalue weighted by atomic mass is 19.1. The van der Waals surface area contributed by atoms with Gasteiger partial charge in [-0.15, -0.1) is 0 Å². The number of nitrogens with zero attached hydrogens (tertiary/aromatic N) is 1. The summed E-state index contributed by atoms with van der Waals surface area (Å²) in [6, 6.07) is 6.47. The van der Waals surface area contributed by atoms with Crippen molar-refractivity contribution in [2.75, 3.05) is 6.54 Å². The molecule has 1 N–H and O–H groups in total. The maximum absolute atomic E-state index is 14.1. The van der Waals surface area contributed by atoms with E-state index in [1.54, 1.807) is 17.0 Å². The number of carbonyl (C=O) groups excluding carboxylic acids is 1. The molecular formula is C17H25FN2O. The van der Waals surface area contributed by atoms with Gasteiger partial charge in [-0.3, -0.25) is 10.1 Å². The lowest BCUT2D eigenvalue weighted by atomic mass is 9.99. The molecule has 1 saturated heterocycles. The van der Waals surface area contributed by atoms with E-state index < -0.39 is 0 Å². The molecule has 1 aliphatic heterocycles. The van der Waals surface area contributed by atoms with Crippen molar-refractivity contribution in [1.29, 1.82) is 0 Å². The van der Waals surface area contributed by atoms with Gasteiger partial charge in [-0.2, -0.15) is 0 Å². The first-order valence-electron chi connectivity index (χ1n) is 7.76. The van der Waals surface area contributed by atoms with Gasteiger partial charge in [-0.1, -0.05) is 52.3 Å². The van der Waals surface area contributed by atoms with Crippen LogP contribution in [-0.2, 0) is 4.79 Å². The van der Waals surface area contributed by atoms with Gasteiger partial charge in [-0.25, -0.2) is 4.39 Å². The van der Waals surface area contributed by atoms with E-state index in [1.807, 2.05) is 6.07 Å². The first-order valence-corrected chi connectivity index (χ1v) is 7.76. The fourth-order valence-electron chi connectivity index (χ4n) is 2.82. The normalized spacial score (nSPS) is 23.9. The summed E-state index contributed by atoms with van der Waals surface area (Å²) in [6.07, 6.45) is 0.559. The Morgan fingerprint density at radius 2 is 1.95 bits per heavy atom. The predicted molar refractivity (Wildman–Crippen MR) is 82.1 cm³/mol. The summed E-state index contributed by atoms with van der Waals surface area (Å²) in [5.74, 6) is 0.414. The lowest BCUT2D eigenvalue weighted by Gasteiger charge is -2.26. The molecule has 21 heavy (non-hydrogen) atoms. The number of halogens is 1. The van der Waals surface area contributed by atoms with Gasteiger partial charge in [-0.05, 0) is 17.9 Å². The topological polar surface area (TPSA) is 32.3 Å². The molecule has 2 rings (SSSR count). The van der Waals surface area contributed by atoms with Crippen molar-refractivity contribution >= 4 is 5.91 Å². The predicted octanol–water partition coefficient (Wildman–Crippen LogP) is 3.33. The van der Waals surface area contributed by atoms with Gasteiger partial charge in [0.1, 0.15) is 12.0 Å². The van der Waals surface area contributed by atoms with Crippen LogP contribution in [0.4, 0.5) is 4.39 Å². The van der Waals surface area contributed by atoms with Crippen LogP contribution >= 0.6 is 0 Å². The third-order valence-corrected chi connectivity index (χ3v) is 4.17. The summed E-state index contributed by atoms with van der Waals surface area (Å²) in [5.41, 5.74) is 0.553.